The monoisotopic (exact) mass is 500 g/mol. The molecule has 7 heteroatoms. The number of aryl methyl sites for hydroxylation is 1. The molecule has 1 N–H and O–H groups in total. The molecule has 1 aliphatic carbocycles. The van der Waals surface area contributed by atoms with Gasteiger partial charge in [-0.15, -0.1) is 22.9 Å². The van der Waals surface area contributed by atoms with Crippen LogP contribution < -0.4 is 0 Å². The van der Waals surface area contributed by atoms with E-state index in [-0.39, 0.29) is 24.6 Å². The summed E-state index contributed by atoms with van der Waals surface area (Å²) in [6, 6.07) is 9.42. The van der Waals surface area contributed by atoms with Crippen LogP contribution in [0.3, 0.4) is 0 Å². The Morgan fingerprint density at radius 3 is 2.68 bits per heavy atom. The molecule has 0 radical (unpaired) electrons. The minimum absolute atomic E-state index is 0.0283. The highest BCUT2D eigenvalue weighted by atomic mass is 35.5. The van der Waals surface area contributed by atoms with Gasteiger partial charge >= 0.3 is 5.97 Å². The Kier molecular flexibility index (Phi) is 9.30. The number of carbonyl (C=O) groups is 1. The number of allylic oxidation sites excluding steroid dienone is 2. The van der Waals surface area contributed by atoms with Gasteiger partial charge in [0.25, 0.3) is 0 Å². The van der Waals surface area contributed by atoms with Gasteiger partial charge in [-0.1, -0.05) is 29.3 Å². The summed E-state index contributed by atoms with van der Waals surface area (Å²) in [7, 11) is 0. The molecule has 1 fully saturated rings. The molecule has 31 heavy (non-hydrogen) atoms. The highest BCUT2D eigenvalue weighted by molar-refractivity contribution is 7.13. The number of benzene rings is 1. The maximum Gasteiger partial charge on any atom is 0.348 e. The number of aliphatic hydroxyl groups excluding tert-OH is 1. The van der Waals surface area contributed by atoms with E-state index in [0.717, 1.165) is 42.5 Å². The zero-order chi connectivity index (χ0) is 22.4. The van der Waals surface area contributed by atoms with E-state index in [4.69, 9.17) is 44.6 Å². The van der Waals surface area contributed by atoms with Gasteiger partial charge in [-0.3, -0.25) is 0 Å². The van der Waals surface area contributed by atoms with E-state index in [2.05, 4.69) is 13.0 Å². The lowest BCUT2D eigenvalue weighted by Gasteiger charge is -2.20. The number of carbonyl (C=O) groups excluding carboxylic acids is 1. The lowest BCUT2D eigenvalue weighted by molar-refractivity contribution is 0.0439. The number of hydrogen-bond acceptors (Lipinski definition) is 4. The lowest BCUT2D eigenvalue weighted by Crippen LogP contribution is -2.14. The number of halogens is 3. The Balaban J connectivity index is 1.58. The summed E-state index contributed by atoms with van der Waals surface area (Å²) in [4.78, 5) is 13.6. The third-order valence-corrected chi connectivity index (χ3v) is 7.82. The standard InChI is InChI=1S/C24H27Cl3O3S/c1-15(17-12-18(25)14-19(26)13-17)11-16-5-7-22(27)21(16)4-2-3-20-6-8-23(31-20)24(29)30-10-9-28/h6,8,11-14,16,21-22,28H,2-5,7,9-10H2,1H3/b15-11+/t16?,21-,22?/m1/s1. The van der Waals surface area contributed by atoms with Crippen LogP contribution in [-0.4, -0.2) is 29.7 Å². The Hall–Kier alpha value is -1.04. The molecule has 1 heterocycles. The first-order valence-electron chi connectivity index (χ1n) is 10.5. The van der Waals surface area contributed by atoms with Crippen molar-refractivity contribution in [3.63, 3.8) is 0 Å². The van der Waals surface area contributed by atoms with Crippen molar-refractivity contribution in [2.45, 2.75) is 44.4 Å². The van der Waals surface area contributed by atoms with Gasteiger partial charge in [0.2, 0.25) is 0 Å². The van der Waals surface area contributed by atoms with E-state index in [0.29, 0.717) is 26.8 Å². The first-order chi connectivity index (χ1) is 14.9. The quantitative estimate of drug-likeness (QED) is 0.290. The second kappa shape index (κ2) is 11.7. The third-order valence-electron chi connectivity index (χ3n) is 5.72. The van der Waals surface area contributed by atoms with Crippen LogP contribution in [0.25, 0.3) is 5.57 Å². The van der Waals surface area contributed by atoms with Crippen molar-refractivity contribution in [3.8, 4) is 0 Å². The molecule has 0 bridgehead atoms. The van der Waals surface area contributed by atoms with Crippen LogP contribution in [0.4, 0.5) is 0 Å². The van der Waals surface area contributed by atoms with E-state index < -0.39 is 0 Å². The number of rotatable bonds is 9. The molecule has 2 aromatic rings. The summed E-state index contributed by atoms with van der Waals surface area (Å²) >= 11 is 20.5. The van der Waals surface area contributed by atoms with Gasteiger partial charge in [0.1, 0.15) is 11.5 Å². The number of aliphatic hydroxyl groups is 1. The van der Waals surface area contributed by atoms with E-state index in [1.807, 2.05) is 18.2 Å². The summed E-state index contributed by atoms with van der Waals surface area (Å²) in [5, 5.41) is 10.2. The van der Waals surface area contributed by atoms with Crippen molar-refractivity contribution in [1.82, 2.24) is 0 Å². The second-order valence-corrected chi connectivity index (χ2v) is 10.5. The fourth-order valence-electron chi connectivity index (χ4n) is 4.19. The van der Waals surface area contributed by atoms with Crippen LogP contribution in [0.5, 0.6) is 0 Å². The Labute approximate surface area is 203 Å². The highest BCUT2D eigenvalue weighted by Crippen LogP contribution is 2.41. The molecular formula is C24H27Cl3O3S. The van der Waals surface area contributed by atoms with Gasteiger partial charge in [0, 0.05) is 20.3 Å². The van der Waals surface area contributed by atoms with Crippen LogP contribution in [0, 0.1) is 11.8 Å². The average Bonchev–Trinajstić information content (AvgIpc) is 3.33. The van der Waals surface area contributed by atoms with Crippen molar-refractivity contribution in [3.05, 3.63) is 61.8 Å². The third kappa shape index (κ3) is 6.97. The van der Waals surface area contributed by atoms with Crippen LogP contribution in [0.15, 0.2) is 36.4 Å². The zero-order valence-electron chi connectivity index (χ0n) is 17.5. The van der Waals surface area contributed by atoms with E-state index >= 15 is 0 Å². The fraction of sp³-hybridized carbons (Fsp3) is 0.458. The van der Waals surface area contributed by atoms with Crippen molar-refractivity contribution >= 4 is 57.7 Å². The molecular weight excluding hydrogens is 475 g/mol. The van der Waals surface area contributed by atoms with E-state index in [9.17, 15) is 4.79 Å². The number of ether oxygens (including phenoxy) is 1. The van der Waals surface area contributed by atoms with Gasteiger partial charge in [-0.05, 0) is 92.3 Å². The van der Waals surface area contributed by atoms with Crippen molar-refractivity contribution < 1.29 is 14.6 Å². The lowest BCUT2D eigenvalue weighted by atomic mass is 9.88. The van der Waals surface area contributed by atoms with Gasteiger partial charge < -0.3 is 9.84 Å². The minimum Gasteiger partial charge on any atom is -0.459 e. The van der Waals surface area contributed by atoms with Crippen LogP contribution >= 0.6 is 46.1 Å². The molecule has 2 unspecified atom stereocenters. The SMILES string of the molecule is C/C(=C\C1CCC(Cl)[C@@H]1CCCc1ccc(C(=O)OCCO)s1)c1cc(Cl)cc(Cl)c1. The first kappa shape index (κ1) is 24.6. The molecule has 0 saturated heterocycles. The van der Waals surface area contributed by atoms with Gasteiger partial charge in [0.05, 0.1) is 6.61 Å². The molecule has 0 spiro atoms. The Morgan fingerprint density at radius 2 is 1.97 bits per heavy atom. The summed E-state index contributed by atoms with van der Waals surface area (Å²) in [5.41, 5.74) is 2.22. The molecule has 1 saturated carbocycles. The molecule has 0 aliphatic heterocycles. The number of thiophene rings is 1. The number of esters is 1. The van der Waals surface area contributed by atoms with Crippen LogP contribution in [0.1, 0.15) is 52.7 Å². The van der Waals surface area contributed by atoms with Gasteiger partial charge in [-0.25, -0.2) is 4.79 Å². The molecule has 1 aliphatic rings. The van der Waals surface area contributed by atoms with Gasteiger partial charge in [0.15, 0.2) is 0 Å². The maximum absolute atomic E-state index is 11.9. The first-order valence-corrected chi connectivity index (χ1v) is 12.5. The molecule has 3 atom stereocenters. The Morgan fingerprint density at radius 1 is 1.23 bits per heavy atom. The minimum atomic E-state index is -0.372. The predicted octanol–water partition coefficient (Wildman–Crippen LogP) is 7.26. The Bertz CT molecular complexity index is 904. The molecule has 168 valence electrons. The number of hydrogen-bond donors (Lipinski definition) is 1. The van der Waals surface area contributed by atoms with E-state index in [1.165, 1.54) is 16.9 Å². The van der Waals surface area contributed by atoms with Crippen molar-refractivity contribution in [2.24, 2.45) is 11.8 Å². The van der Waals surface area contributed by atoms with Crippen LogP contribution in [-0.2, 0) is 11.2 Å². The molecule has 3 rings (SSSR count). The second-order valence-electron chi connectivity index (χ2n) is 7.95. The topological polar surface area (TPSA) is 46.5 Å². The molecule has 1 aromatic carbocycles. The van der Waals surface area contributed by atoms with Crippen LogP contribution in [0.2, 0.25) is 10.0 Å². The average molecular weight is 502 g/mol. The van der Waals surface area contributed by atoms with Crippen molar-refractivity contribution in [1.29, 1.82) is 0 Å². The summed E-state index contributed by atoms with van der Waals surface area (Å²) < 4.78 is 4.97. The molecule has 0 amide bonds. The zero-order valence-corrected chi connectivity index (χ0v) is 20.5. The van der Waals surface area contributed by atoms with E-state index in [1.54, 1.807) is 12.1 Å². The highest BCUT2D eigenvalue weighted by Gasteiger charge is 2.33. The predicted molar refractivity (Wildman–Crippen MR) is 131 cm³/mol. The normalized spacial score (nSPS) is 21.5. The fourth-order valence-corrected chi connectivity index (χ4v) is 6.10. The van der Waals surface area contributed by atoms with Gasteiger partial charge in [-0.2, -0.15) is 0 Å². The summed E-state index contributed by atoms with van der Waals surface area (Å²) in [6.07, 6.45) is 7.42. The van der Waals surface area contributed by atoms with Crippen molar-refractivity contribution in [2.75, 3.05) is 13.2 Å². The molecule has 1 aromatic heterocycles. The summed E-state index contributed by atoms with van der Waals surface area (Å²) in [5.74, 6) is 0.497. The number of alkyl halides is 1. The smallest absolute Gasteiger partial charge is 0.348 e. The summed E-state index contributed by atoms with van der Waals surface area (Å²) in [6.45, 7) is 1.97. The molecule has 3 nitrogen and oxygen atoms in total. The largest absolute Gasteiger partial charge is 0.459 e. The maximum atomic E-state index is 11.9.